The highest BCUT2D eigenvalue weighted by molar-refractivity contribution is 5.88. The maximum Gasteiger partial charge on any atom is 0.246 e. The fourth-order valence-electron chi connectivity index (χ4n) is 3.21. The average molecular weight is 263 g/mol. The number of hydrogen-bond acceptors (Lipinski definition) is 2. The van der Waals surface area contributed by atoms with Crippen LogP contribution in [0.15, 0.2) is 23.3 Å². The molecule has 3 nitrogen and oxygen atoms in total. The number of amides is 1. The third-order valence-corrected chi connectivity index (χ3v) is 4.41. The fraction of sp³-hybridized carbons (Fsp3) is 0.688. The Kier molecular flexibility index (Phi) is 4.14. The smallest absolute Gasteiger partial charge is 0.246 e. The average Bonchev–Trinajstić information content (AvgIpc) is 2.74. The first-order chi connectivity index (χ1) is 8.90. The Morgan fingerprint density at radius 2 is 2.21 bits per heavy atom. The van der Waals surface area contributed by atoms with Crippen LogP contribution < -0.4 is 0 Å². The SMILES string of the molecule is CC1=C(C=CC(=O)N2CCC(O)C2)C(C)(C)CCC1. The summed E-state index contributed by atoms with van der Waals surface area (Å²) in [6.45, 7) is 7.82. The van der Waals surface area contributed by atoms with Crippen LogP contribution in [0.2, 0.25) is 0 Å². The molecule has 0 aromatic carbocycles. The zero-order valence-electron chi connectivity index (χ0n) is 12.3. The van der Waals surface area contributed by atoms with E-state index < -0.39 is 0 Å². The molecule has 1 fully saturated rings. The highest BCUT2D eigenvalue weighted by atomic mass is 16.3. The van der Waals surface area contributed by atoms with E-state index in [2.05, 4.69) is 20.8 Å². The molecule has 1 unspecified atom stereocenters. The molecule has 2 rings (SSSR count). The van der Waals surface area contributed by atoms with Crippen molar-refractivity contribution in [1.29, 1.82) is 0 Å². The maximum absolute atomic E-state index is 12.1. The Balaban J connectivity index is 2.07. The lowest BCUT2D eigenvalue weighted by molar-refractivity contribution is -0.125. The quantitative estimate of drug-likeness (QED) is 0.778. The number of aliphatic hydroxyl groups excluding tert-OH is 1. The molecule has 3 heteroatoms. The summed E-state index contributed by atoms with van der Waals surface area (Å²) in [4.78, 5) is 13.8. The molecule has 0 bridgehead atoms. The molecule has 0 aromatic heterocycles. The first-order valence-corrected chi connectivity index (χ1v) is 7.25. The summed E-state index contributed by atoms with van der Waals surface area (Å²) in [6.07, 6.45) is 7.60. The second-order valence-corrected chi connectivity index (χ2v) is 6.49. The van der Waals surface area contributed by atoms with Crippen molar-refractivity contribution >= 4 is 5.91 Å². The van der Waals surface area contributed by atoms with Crippen molar-refractivity contribution in [3.05, 3.63) is 23.3 Å². The van der Waals surface area contributed by atoms with Gasteiger partial charge < -0.3 is 10.0 Å². The van der Waals surface area contributed by atoms with Gasteiger partial charge in [0.25, 0.3) is 0 Å². The summed E-state index contributed by atoms with van der Waals surface area (Å²) in [7, 11) is 0. The number of nitrogens with zero attached hydrogens (tertiary/aromatic N) is 1. The van der Waals surface area contributed by atoms with Gasteiger partial charge in [-0.2, -0.15) is 0 Å². The van der Waals surface area contributed by atoms with E-state index in [1.807, 2.05) is 6.08 Å². The summed E-state index contributed by atoms with van der Waals surface area (Å²) in [6, 6.07) is 0. The number of allylic oxidation sites excluding steroid dienone is 3. The molecule has 1 aliphatic heterocycles. The van der Waals surface area contributed by atoms with Gasteiger partial charge in [-0.15, -0.1) is 0 Å². The predicted molar refractivity (Wildman–Crippen MR) is 76.7 cm³/mol. The molecular weight excluding hydrogens is 238 g/mol. The van der Waals surface area contributed by atoms with Gasteiger partial charge in [-0.1, -0.05) is 25.5 Å². The molecule has 1 heterocycles. The number of hydrogen-bond donors (Lipinski definition) is 1. The predicted octanol–water partition coefficient (Wildman–Crippen LogP) is 2.66. The van der Waals surface area contributed by atoms with E-state index in [1.54, 1.807) is 11.0 Å². The number of carbonyl (C=O) groups is 1. The number of aliphatic hydroxyl groups is 1. The van der Waals surface area contributed by atoms with Gasteiger partial charge in [-0.3, -0.25) is 4.79 Å². The first kappa shape index (κ1) is 14.3. The third-order valence-electron chi connectivity index (χ3n) is 4.41. The van der Waals surface area contributed by atoms with E-state index in [0.29, 0.717) is 19.5 Å². The van der Waals surface area contributed by atoms with Crippen molar-refractivity contribution in [3.8, 4) is 0 Å². The Morgan fingerprint density at radius 1 is 1.47 bits per heavy atom. The monoisotopic (exact) mass is 263 g/mol. The molecule has 0 aromatic rings. The van der Waals surface area contributed by atoms with Crippen molar-refractivity contribution in [2.24, 2.45) is 5.41 Å². The van der Waals surface area contributed by atoms with Crippen molar-refractivity contribution in [2.45, 2.75) is 52.6 Å². The minimum absolute atomic E-state index is 0.0261. The minimum atomic E-state index is -0.343. The Morgan fingerprint density at radius 3 is 2.79 bits per heavy atom. The summed E-state index contributed by atoms with van der Waals surface area (Å²) in [5.41, 5.74) is 2.89. The zero-order chi connectivity index (χ0) is 14.0. The van der Waals surface area contributed by atoms with Crippen molar-refractivity contribution in [1.82, 2.24) is 4.90 Å². The van der Waals surface area contributed by atoms with E-state index in [4.69, 9.17) is 0 Å². The normalized spacial score (nSPS) is 27.4. The molecule has 0 radical (unpaired) electrons. The van der Waals surface area contributed by atoms with Gasteiger partial charge in [0.2, 0.25) is 5.91 Å². The molecule has 1 N–H and O–H groups in total. The molecular formula is C16H25NO2. The molecule has 1 atom stereocenters. The molecule has 1 saturated heterocycles. The summed E-state index contributed by atoms with van der Waals surface area (Å²) in [5, 5.41) is 9.46. The van der Waals surface area contributed by atoms with Crippen LogP contribution in [0, 0.1) is 5.41 Å². The topological polar surface area (TPSA) is 40.5 Å². The van der Waals surface area contributed by atoms with Crippen LogP contribution in [0.25, 0.3) is 0 Å². The van der Waals surface area contributed by atoms with E-state index in [0.717, 1.165) is 6.42 Å². The number of likely N-dealkylation sites (tertiary alicyclic amines) is 1. The van der Waals surface area contributed by atoms with Crippen LogP contribution in [-0.2, 0) is 4.79 Å². The first-order valence-electron chi connectivity index (χ1n) is 7.25. The van der Waals surface area contributed by atoms with E-state index in [-0.39, 0.29) is 17.4 Å². The van der Waals surface area contributed by atoms with E-state index in [1.165, 1.54) is 24.0 Å². The second kappa shape index (κ2) is 5.49. The highest BCUT2D eigenvalue weighted by Crippen LogP contribution is 2.40. The Labute approximate surface area is 116 Å². The molecule has 0 saturated carbocycles. The van der Waals surface area contributed by atoms with Crippen LogP contribution in [-0.4, -0.2) is 35.1 Å². The lowest BCUT2D eigenvalue weighted by Crippen LogP contribution is -2.28. The number of β-amino-alcohol motifs (C(OH)–C–C–N with tert-alkyl or cyclic N) is 1. The summed E-state index contributed by atoms with van der Waals surface area (Å²) >= 11 is 0. The van der Waals surface area contributed by atoms with Gasteiger partial charge in [0.15, 0.2) is 0 Å². The standard InChI is InChI=1S/C16H25NO2/c1-12-5-4-9-16(2,3)14(12)6-7-15(19)17-10-8-13(18)11-17/h6-7,13,18H,4-5,8-11H2,1-3H3. The molecule has 1 amide bonds. The van der Waals surface area contributed by atoms with Crippen LogP contribution >= 0.6 is 0 Å². The number of carbonyl (C=O) groups excluding carboxylic acids is 1. The zero-order valence-corrected chi connectivity index (χ0v) is 12.3. The maximum atomic E-state index is 12.1. The Bertz CT molecular complexity index is 420. The van der Waals surface area contributed by atoms with Gasteiger partial charge in [-0.25, -0.2) is 0 Å². The highest BCUT2D eigenvalue weighted by Gasteiger charge is 2.27. The summed E-state index contributed by atoms with van der Waals surface area (Å²) < 4.78 is 0. The molecule has 106 valence electrons. The van der Waals surface area contributed by atoms with Crippen LogP contribution in [0.1, 0.15) is 46.5 Å². The lowest BCUT2D eigenvalue weighted by atomic mass is 9.72. The van der Waals surface area contributed by atoms with E-state index >= 15 is 0 Å². The van der Waals surface area contributed by atoms with Gasteiger partial charge in [-0.05, 0) is 43.6 Å². The van der Waals surface area contributed by atoms with Crippen molar-refractivity contribution in [2.75, 3.05) is 13.1 Å². The van der Waals surface area contributed by atoms with Crippen LogP contribution in [0.4, 0.5) is 0 Å². The number of rotatable bonds is 2. The minimum Gasteiger partial charge on any atom is -0.391 e. The third kappa shape index (κ3) is 3.27. The lowest BCUT2D eigenvalue weighted by Gasteiger charge is -2.32. The van der Waals surface area contributed by atoms with Crippen molar-refractivity contribution < 1.29 is 9.90 Å². The van der Waals surface area contributed by atoms with Gasteiger partial charge in [0.1, 0.15) is 0 Å². The van der Waals surface area contributed by atoms with Gasteiger partial charge in [0, 0.05) is 19.2 Å². The van der Waals surface area contributed by atoms with E-state index in [9.17, 15) is 9.90 Å². The van der Waals surface area contributed by atoms with Crippen molar-refractivity contribution in [3.63, 3.8) is 0 Å². The van der Waals surface area contributed by atoms with Crippen LogP contribution in [0.3, 0.4) is 0 Å². The fourth-order valence-corrected chi connectivity index (χ4v) is 3.21. The summed E-state index contributed by atoms with van der Waals surface area (Å²) in [5.74, 6) is 0.0261. The molecule has 1 aliphatic carbocycles. The molecule has 0 spiro atoms. The second-order valence-electron chi connectivity index (χ2n) is 6.49. The van der Waals surface area contributed by atoms with Gasteiger partial charge >= 0.3 is 0 Å². The molecule has 19 heavy (non-hydrogen) atoms. The van der Waals surface area contributed by atoms with Crippen LogP contribution in [0.5, 0.6) is 0 Å². The largest absolute Gasteiger partial charge is 0.391 e. The molecule has 2 aliphatic rings. The van der Waals surface area contributed by atoms with Gasteiger partial charge in [0.05, 0.1) is 6.10 Å². The Hall–Kier alpha value is -1.09.